The minimum Gasteiger partial charge on any atom is -0.480 e. The lowest BCUT2D eigenvalue weighted by Crippen LogP contribution is -2.43. The fraction of sp³-hybridized carbons (Fsp3) is 0.529. The van der Waals surface area contributed by atoms with Gasteiger partial charge in [0.05, 0.1) is 6.61 Å². The summed E-state index contributed by atoms with van der Waals surface area (Å²) in [6.07, 6.45) is 0. The number of likely N-dealkylation sites (N-methyl/N-ethyl adjacent to an activating group) is 1. The van der Waals surface area contributed by atoms with E-state index >= 15 is 0 Å². The lowest BCUT2D eigenvalue weighted by Gasteiger charge is -2.29. The van der Waals surface area contributed by atoms with Crippen LogP contribution in [0.5, 0.6) is 0 Å². The molecule has 0 spiro atoms. The number of carboxylic acids is 2. The van der Waals surface area contributed by atoms with Gasteiger partial charge in [0.2, 0.25) is 0 Å². The zero-order chi connectivity index (χ0) is 19.7. The third kappa shape index (κ3) is 6.75. The largest absolute Gasteiger partial charge is 0.480 e. The summed E-state index contributed by atoms with van der Waals surface area (Å²) in [4.78, 5) is 23.4. The lowest BCUT2D eigenvalue weighted by molar-refractivity contribution is -0.145. The third-order valence-electron chi connectivity index (χ3n) is 3.31. The summed E-state index contributed by atoms with van der Waals surface area (Å²) in [5.74, 6) is -5.81. The summed E-state index contributed by atoms with van der Waals surface area (Å²) < 4.78 is 32.7. The van der Waals surface area contributed by atoms with Gasteiger partial charge in [-0.1, -0.05) is 19.9 Å². The van der Waals surface area contributed by atoms with Crippen LogP contribution in [0.1, 0.15) is 30.9 Å². The van der Waals surface area contributed by atoms with Crippen LogP contribution in [-0.2, 0) is 14.3 Å². The zero-order valence-corrected chi connectivity index (χ0v) is 15.0. The number of ether oxygens (including phenoxy) is 1. The second-order valence-electron chi connectivity index (χ2n) is 5.41. The molecule has 0 aromatic heterocycles. The number of aryl methyl sites for hydroxylation is 1. The van der Waals surface area contributed by atoms with Crippen molar-refractivity contribution in [2.24, 2.45) is 0 Å². The number of rotatable bonds is 8. The number of carbonyl (C=O) groups is 2. The van der Waals surface area contributed by atoms with Gasteiger partial charge in [-0.15, -0.1) is 0 Å². The van der Waals surface area contributed by atoms with Gasteiger partial charge in [-0.3, -0.25) is 9.69 Å². The predicted molar refractivity (Wildman–Crippen MR) is 88.7 cm³/mol. The van der Waals surface area contributed by atoms with Gasteiger partial charge in [0.15, 0.2) is 11.6 Å². The van der Waals surface area contributed by atoms with Gasteiger partial charge in [0.25, 0.3) is 0 Å². The second-order valence-corrected chi connectivity index (χ2v) is 5.41. The van der Waals surface area contributed by atoms with E-state index < -0.39 is 42.1 Å². The van der Waals surface area contributed by atoms with E-state index in [1.165, 1.54) is 25.1 Å². The molecule has 0 amide bonds. The number of hydrogen-bond donors (Lipinski definition) is 2. The molecule has 2 N–H and O–H groups in total. The highest BCUT2D eigenvalue weighted by molar-refractivity contribution is 5.75. The highest BCUT2D eigenvalue weighted by Crippen LogP contribution is 2.28. The van der Waals surface area contributed by atoms with Crippen LogP contribution in [0.4, 0.5) is 8.78 Å². The van der Waals surface area contributed by atoms with Crippen molar-refractivity contribution < 1.29 is 33.3 Å². The molecule has 0 heterocycles. The standard InChI is InChI=1S/C15H19F2NO5.C2H6/c1-8-4-9(13(17)11(16)5-8)10(6-23-7-12(19)20)14(15(21)22)18(2)3;1-2/h4-5,10,14H,6-7H2,1-3H3,(H,19,20)(H,21,22);1-2H3. The van der Waals surface area contributed by atoms with E-state index in [9.17, 15) is 23.5 Å². The third-order valence-corrected chi connectivity index (χ3v) is 3.31. The van der Waals surface area contributed by atoms with Gasteiger partial charge in [0.1, 0.15) is 12.6 Å². The summed E-state index contributed by atoms with van der Waals surface area (Å²) in [5, 5.41) is 18.0. The quantitative estimate of drug-likeness (QED) is 0.740. The van der Waals surface area contributed by atoms with Crippen molar-refractivity contribution in [3.8, 4) is 0 Å². The topological polar surface area (TPSA) is 87.1 Å². The molecule has 0 fully saturated rings. The van der Waals surface area contributed by atoms with E-state index in [0.29, 0.717) is 5.56 Å². The summed E-state index contributed by atoms with van der Waals surface area (Å²) in [5.41, 5.74) is 0.263. The smallest absolute Gasteiger partial charge is 0.329 e. The van der Waals surface area contributed by atoms with Crippen molar-refractivity contribution >= 4 is 11.9 Å². The van der Waals surface area contributed by atoms with Crippen LogP contribution in [0.25, 0.3) is 0 Å². The summed E-state index contributed by atoms with van der Waals surface area (Å²) in [6, 6.07) is 1.13. The Morgan fingerprint density at radius 3 is 2.20 bits per heavy atom. The molecule has 0 aliphatic carbocycles. The molecule has 0 radical (unpaired) electrons. The molecule has 0 saturated heterocycles. The van der Waals surface area contributed by atoms with Gasteiger partial charge < -0.3 is 14.9 Å². The predicted octanol–water partition coefficient (Wildman–Crippen LogP) is 2.50. The number of benzene rings is 1. The monoisotopic (exact) mass is 361 g/mol. The van der Waals surface area contributed by atoms with E-state index in [2.05, 4.69) is 0 Å². The molecule has 1 aromatic rings. The van der Waals surface area contributed by atoms with Gasteiger partial charge >= 0.3 is 11.9 Å². The molecule has 142 valence electrons. The fourth-order valence-corrected chi connectivity index (χ4v) is 2.40. The normalized spacial score (nSPS) is 13.0. The molecular formula is C17H25F2NO5. The Kier molecular flexibility index (Phi) is 9.85. The summed E-state index contributed by atoms with van der Waals surface area (Å²) in [6.45, 7) is 4.51. The first kappa shape index (κ1) is 22.9. The van der Waals surface area contributed by atoms with Crippen LogP contribution >= 0.6 is 0 Å². The first-order valence-electron chi connectivity index (χ1n) is 7.79. The average Bonchev–Trinajstić information content (AvgIpc) is 2.50. The maximum Gasteiger partial charge on any atom is 0.329 e. The second kappa shape index (κ2) is 10.7. The Hall–Kier alpha value is -2.06. The number of halogens is 2. The number of hydrogen-bond acceptors (Lipinski definition) is 4. The zero-order valence-electron chi connectivity index (χ0n) is 15.0. The van der Waals surface area contributed by atoms with Crippen molar-refractivity contribution in [3.05, 3.63) is 34.9 Å². The SMILES string of the molecule is CC.Cc1cc(F)c(F)c(C(COCC(=O)O)C(C(=O)O)N(C)C)c1. The van der Waals surface area contributed by atoms with Crippen LogP contribution in [-0.4, -0.2) is 60.4 Å². The van der Waals surface area contributed by atoms with Gasteiger partial charge in [-0.05, 0) is 38.2 Å². The van der Waals surface area contributed by atoms with E-state index in [1.807, 2.05) is 13.8 Å². The van der Waals surface area contributed by atoms with Crippen LogP contribution in [0.3, 0.4) is 0 Å². The maximum atomic E-state index is 14.1. The first-order valence-corrected chi connectivity index (χ1v) is 7.79. The van der Waals surface area contributed by atoms with Crippen LogP contribution in [0.2, 0.25) is 0 Å². The molecule has 2 atom stereocenters. The Bertz CT molecular complexity index is 593. The van der Waals surface area contributed by atoms with Gasteiger partial charge in [-0.2, -0.15) is 0 Å². The fourth-order valence-electron chi connectivity index (χ4n) is 2.40. The average molecular weight is 361 g/mol. The van der Waals surface area contributed by atoms with Gasteiger partial charge in [-0.25, -0.2) is 13.6 Å². The van der Waals surface area contributed by atoms with Crippen molar-refractivity contribution in [1.29, 1.82) is 0 Å². The number of carboxylic acid groups (broad SMARTS) is 2. The number of nitrogens with zero attached hydrogens (tertiary/aromatic N) is 1. The lowest BCUT2D eigenvalue weighted by atomic mass is 9.89. The van der Waals surface area contributed by atoms with E-state index in [0.717, 1.165) is 6.07 Å². The molecule has 25 heavy (non-hydrogen) atoms. The maximum absolute atomic E-state index is 14.1. The van der Waals surface area contributed by atoms with Crippen molar-refractivity contribution in [1.82, 2.24) is 4.90 Å². The van der Waals surface area contributed by atoms with Crippen LogP contribution in [0, 0.1) is 18.6 Å². The molecule has 0 bridgehead atoms. The van der Waals surface area contributed by atoms with Crippen molar-refractivity contribution in [3.63, 3.8) is 0 Å². The first-order chi connectivity index (χ1) is 11.6. The van der Waals surface area contributed by atoms with Crippen LogP contribution in [0.15, 0.2) is 12.1 Å². The molecule has 1 aromatic carbocycles. The van der Waals surface area contributed by atoms with E-state index in [-0.39, 0.29) is 12.2 Å². The number of aliphatic carboxylic acids is 2. The van der Waals surface area contributed by atoms with Crippen molar-refractivity contribution in [2.45, 2.75) is 32.7 Å². The minimum absolute atomic E-state index is 0.158. The Labute approximate surface area is 146 Å². The Balaban J connectivity index is 0.00000277. The highest BCUT2D eigenvalue weighted by Gasteiger charge is 2.34. The van der Waals surface area contributed by atoms with Crippen LogP contribution < -0.4 is 0 Å². The molecule has 6 nitrogen and oxygen atoms in total. The Morgan fingerprint density at radius 1 is 1.20 bits per heavy atom. The highest BCUT2D eigenvalue weighted by atomic mass is 19.2. The van der Waals surface area contributed by atoms with E-state index in [4.69, 9.17) is 9.84 Å². The molecule has 1 rings (SSSR count). The Morgan fingerprint density at radius 2 is 1.76 bits per heavy atom. The minimum atomic E-state index is -1.25. The summed E-state index contributed by atoms with van der Waals surface area (Å²) >= 11 is 0. The summed E-state index contributed by atoms with van der Waals surface area (Å²) in [7, 11) is 2.96. The van der Waals surface area contributed by atoms with Gasteiger partial charge in [0, 0.05) is 5.92 Å². The van der Waals surface area contributed by atoms with Crippen molar-refractivity contribution in [2.75, 3.05) is 27.3 Å². The molecule has 8 heteroatoms. The molecule has 0 aliphatic rings. The molecule has 0 saturated carbocycles. The van der Waals surface area contributed by atoms with E-state index in [1.54, 1.807) is 6.92 Å². The molecular weight excluding hydrogens is 336 g/mol. The molecule has 2 unspecified atom stereocenters. The molecule has 0 aliphatic heterocycles.